The van der Waals surface area contributed by atoms with Gasteiger partial charge in [-0.2, -0.15) is 0 Å². The molecule has 4 aromatic rings. The summed E-state index contributed by atoms with van der Waals surface area (Å²) >= 11 is 0. The molecule has 4 aliphatic rings. The summed E-state index contributed by atoms with van der Waals surface area (Å²) in [6, 6.07) is 32.8. The van der Waals surface area contributed by atoms with Crippen LogP contribution in [0.15, 0.2) is 97.1 Å². The van der Waals surface area contributed by atoms with E-state index in [1.54, 1.807) is 17.0 Å². The average molecular weight is 738 g/mol. The van der Waals surface area contributed by atoms with Gasteiger partial charge in [-0.3, -0.25) is 24.6 Å². The number of benzene rings is 4. The molecule has 0 aliphatic carbocycles. The molecule has 0 saturated carbocycles. The Morgan fingerprint density at radius 1 is 0.727 bits per heavy atom. The van der Waals surface area contributed by atoms with E-state index in [0.29, 0.717) is 18.5 Å². The number of amides is 3. The van der Waals surface area contributed by atoms with Crippen molar-refractivity contribution in [3.05, 3.63) is 125 Å². The van der Waals surface area contributed by atoms with E-state index in [0.717, 1.165) is 75.0 Å². The van der Waals surface area contributed by atoms with Gasteiger partial charge < -0.3 is 19.8 Å². The number of fused-ring (bicyclic) bond motifs is 1. The van der Waals surface area contributed by atoms with E-state index >= 15 is 0 Å². The SMILES string of the molecule is CC/C(=C(\c1ccc(O)cc1)c1ccc(N2CCC(CCN3CCN(c4ccc5c(c4)CN([C@H]4CCC(=O)NC4=O)C5=O)CC3)CC2)cc1)c1ccccc1. The smallest absolute Gasteiger partial charge is 0.255 e. The lowest BCUT2D eigenvalue weighted by molar-refractivity contribution is -0.136. The van der Waals surface area contributed by atoms with E-state index in [9.17, 15) is 19.5 Å². The van der Waals surface area contributed by atoms with Crippen LogP contribution in [0, 0.1) is 5.92 Å². The van der Waals surface area contributed by atoms with Crippen molar-refractivity contribution < 1.29 is 19.5 Å². The number of allylic oxidation sites excluding steroid dienone is 1. The third kappa shape index (κ3) is 7.89. The highest BCUT2D eigenvalue weighted by atomic mass is 16.3. The highest BCUT2D eigenvalue weighted by molar-refractivity contribution is 6.05. The average Bonchev–Trinajstić information content (AvgIpc) is 3.55. The second-order valence-corrected chi connectivity index (χ2v) is 15.5. The first-order chi connectivity index (χ1) is 26.8. The molecule has 3 amide bonds. The molecule has 8 rings (SSSR count). The van der Waals surface area contributed by atoms with Gasteiger partial charge in [-0.1, -0.05) is 61.5 Å². The first kappa shape index (κ1) is 36.6. The molecule has 0 radical (unpaired) electrons. The van der Waals surface area contributed by atoms with Crippen LogP contribution in [-0.4, -0.2) is 84.5 Å². The zero-order valence-corrected chi connectivity index (χ0v) is 31.8. The first-order valence-corrected chi connectivity index (χ1v) is 20.0. The lowest BCUT2D eigenvalue weighted by Crippen LogP contribution is -2.52. The van der Waals surface area contributed by atoms with Gasteiger partial charge in [-0.15, -0.1) is 0 Å². The summed E-state index contributed by atoms with van der Waals surface area (Å²) in [7, 11) is 0. The van der Waals surface area contributed by atoms with Crippen LogP contribution in [0.1, 0.15) is 78.1 Å². The molecule has 0 unspecified atom stereocenters. The number of phenols is 1. The van der Waals surface area contributed by atoms with Crippen molar-refractivity contribution in [1.82, 2.24) is 15.1 Å². The quantitative estimate of drug-likeness (QED) is 0.134. The van der Waals surface area contributed by atoms with Gasteiger partial charge in [0.2, 0.25) is 11.8 Å². The summed E-state index contributed by atoms with van der Waals surface area (Å²) in [5.41, 5.74) is 10.1. The number of piperidine rings is 2. The number of aromatic hydroxyl groups is 1. The van der Waals surface area contributed by atoms with E-state index in [4.69, 9.17) is 0 Å². The van der Waals surface area contributed by atoms with Crippen LogP contribution in [0.3, 0.4) is 0 Å². The van der Waals surface area contributed by atoms with Crippen LogP contribution in [-0.2, 0) is 16.1 Å². The third-order valence-electron chi connectivity index (χ3n) is 12.2. The van der Waals surface area contributed by atoms with Crippen molar-refractivity contribution >= 4 is 40.2 Å². The van der Waals surface area contributed by atoms with Crippen LogP contribution < -0.4 is 15.1 Å². The summed E-state index contributed by atoms with van der Waals surface area (Å²) in [5, 5.41) is 12.4. The maximum Gasteiger partial charge on any atom is 0.255 e. The lowest BCUT2D eigenvalue weighted by Gasteiger charge is -2.38. The van der Waals surface area contributed by atoms with E-state index < -0.39 is 6.04 Å². The Kier molecular flexibility index (Phi) is 10.7. The number of carbonyl (C=O) groups excluding carboxylic acids is 3. The Hall–Kier alpha value is -5.41. The van der Waals surface area contributed by atoms with Gasteiger partial charge in [0.25, 0.3) is 5.91 Å². The molecule has 55 heavy (non-hydrogen) atoms. The monoisotopic (exact) mass is 737 g/mol. The fourth-order valence-corrected chi connectivity index (χ4v) is 8.98. The van der Waals surface area contributed by atoms with Gasteiger partial charge in [0, 0.05) is 69.2 Å². The molecule has 0 aromatic heterocycles. The van der Waals surface area contributed by atoms with Crippen molar-refractivity contribution in [2.24, 2.45) is 5.92 Å². The van der Waals surface area contributed by atoms with Crippen LogP contribution >= 0.6 is 0 Å². The summed E-state index contributed by atoms with van der Waals surface area (Å²) in [5.74, 6) is 0.248. The number of phenolic OH excluding ortho intramolecular Hbond substituents is 1. The maximum absolute atomic E-state index is 13.1. The third-order valence-corrected chi connectivity index (χ3v) is 12.2. The summed E-state index contributed by atoms with van der Waals surface area (Å²) in [6.07, 6.45) is 5.18. The molecule has 4 aliphatic heterocycles. The second-order valence-electron chi connectivity index (χ2n) is 15.5. The molecular weight excluding hydrogens is 687 g/mol. The molecule has 9 nitrogen and oxygen atoms in total. The molecule has 9 heteroatoms. The number of piperazine rings is 1. The molecule has 4 aromatic carbocycles. The molecule has 1 atom stereocenters. The Bertz CT molecular complexity index is 2050. The number of nitrogens with zero attached hydrogens (tertiary/aromatic N) is 4. The second kappa shape index (κ2) is 16.1. The molecule has 0 spiro atoms. The molecule has 3 saturated heterocycles. The fraction of sp³-hybridized carbons (Fsp3) is 0.370. The molecule has 4 heterocycles. The van der Waals surface area contributed by atoms with Crippen LogP contribution in [0.2, 0.25) is 0 Å². The predicted octanol–water partition coefficient (Wildman–Crippen LogP) is 6.95. The number of rotatable bonds is 10. The highest BCUT2D eigenvalue weighted by Crippen LogP contribution is 2.37. The van der Waals surface area contributed by atoms with Gasteiger partial charge in [-0.25, -0.2) is 0 Å². The van der Waals surface area contributed by atoms with Crippen molar-refractivity contribution in [1.29, 1.82) is 0 Å². The van der Waals surface area contributed by atoms with Gasteiger partial charge >= 0.3 is 0 Å². The minimum Gasteiger partial charge on any atom is -0.508 e. The van der Waals surface area contributed by atoms with Gasteiger partial charge in [-0.05, 0) is 120 Å². The lowest BCUT2D eigenvalue weighted by atomic mass is 9.88. The van der Waals surface area contributed by atoms with Crippen LogP contribution in [0.25, 0.3) is 11.1 Å². The Morgan fingerprint density at radius 3 is 2.05 bits per heavy atom. The van der Waals surface area contributed by atoms with Crippen LogP contribution in [0.4, 0.5) is 11.4 Å². The highest BCUT2D eigenvalue weighted by Gasteiger charge is 2.39. The Labute approximate surface area is 324 Å². The Balaban J connectivity index is 0.824. The zero-order chi connectivity index (χ0) is 37.9. The normalized spacial score (nSPS) is 20.1. The van der Waals surface area contributed by atoms with Crippen molar-refractivity contribution in [2.75, 3.05) is 55.6 Å². The number of carbonyl (C=O) groups is 3. The van der Waals surface area contributed by atoms with E-state index in [1.165, 1.54) is 47.2 Å². The van der Waals surface area contributed by atoms with E-state index in [2.05, 4.69) is 87.6 Å². The first-order valence-electron chi connectivity index (χ1n) is 20.0. The largest absolute Gasteiger partial charge is 0.508 e. The van der Waals surface area contributed by atoms with Crippen molar-refractivity contribution in [3.8, 4) is 5.75 Å². The molecule has 2 N–H and O–H groups in total. The topological polar surface area (TPSA) is 96.4 Å². The van der Waals surface area contributed by atoms with E-state index in [-0.39, 0.29) is 29.9 Å². The zero-order valence-electron chi connectivity index (χ0n) is 31.8. The standard InChI is InChI=1S/C46H51N5O4/c1-2-40(33-6-4-3-5-7-33)44(35-10-15-39(52)16-11-35)34-8-12-37(13-9-34)49-24-21-32(22-25-49)20-23-48-26-28-50(29-27-48)38-14-17-41-36(30-38)31-51(46(41)55)42-18-19-43(53)47-45(42)54/h3-17,30,32,42,52H,2,18-29,31H2,1H3,(H,47,53,54)/b44-40+/t42-/m0/s1. The summed E-state index contributed by atoms with van der Waals surface area (Å²) in [6.45, 7) is 9.84. The van der Waals surface area contributed by atoms with Crippen LogP contribution in [0.5, 0.6) is 5.75 Å². The number of hydrogen-bond acceptors (Lipinski definition) is 7. The van der Waals surface area contributed by atoms with Crippen molar-refractivity contribution in [2.45, 2.75) is 58.0 Å². The molecule has 284 valence electrons. The molecular formula is C46H51N5O4. The summed E-state index contributed by atoms with van der Waals surface area (Å²) < 4.78 is 0. The number of nitrogens with one attached hydrogen (secondary N) is 1. The predicted molar refractivity (Wildman–Crippen MR) is 218 cm³/mol. The van der Waals surface area contributed by atoms with Gasteiger partial charge in [0.05, 0.1) is 0 Å². The van der Waals surface area contributed by atoms with Gasteiger partial charge in [0.1, 0.15) is 11.8 Å². The minimum atomic E-state index is -0.586. The van der Waals surface area contributed by atoms with Gasteiger partial charge in [0.15, 0.2) is 0 Å². The molecule has 0 bridgehead atoms. The fourth-order valence-electron chi connectivity index (χ4n) is 8.98. The maximum atomic E-state index is 13.1. The number of imide groups is 1. The minimum absolute atomic E-state index is 0.123. The van der Waals surface area contributed by atoms with E-state index in [1.807, 2.05) is 24.3 Å². The molecule has 3 fully saturated rings. The Morgan fingerprint density at radius 2 is 1.38 bits per heavy atom. The summed E-state index contributed by atoms with van der Waals surface area (Å²) in [4.78, 5) is 46.4. The van der Waals surface area contributed by atoms with Crippen molar-refractivity contribution in [3.63, 3.8) is 0 Å². The number of hydrogen-bond donors (Lipinski definition) is 2. The number of anilines is 2.